The standard InChI is InChI=1S/C10H13N3O2S/c1-13(2)16(14,15)12-9-5-3-4-8-6-7-11-10(8)9/h3-7,11-12H,1-2H3. The molecule has 0 atom stereocenters. The molecular weight excluding hydrogens is 226 g/mol. The molecule has 6 heteroatoms. The first kappa shape index (κ1) is 11.0. The molecule has 0 amide bonds. The molecule has 0 aliphatic heterocycles. The fourth-order valence-electron chi connectivity index (χ4n) is 1.40. The number of rotatable bonds is 3. The molecule has 16 heavy (non-hydrogen) atoms. The summed E-state index contributed by atoms with van der Waals surface area (Å²) >= 11 is 0. The maximum Gasteiger partial charge on any atom is 0.301 e. The predicted molar refractivity (Wildman–Crippen MR) is 64.5 cm³/mol. The topological polar surface area (TPSA) is 65.2 Å². The van der Waals surface area contributed by atoms with Crippen LogP contribution in [0.2, 0.25) is 0 Å². The molecule has 0 unspecified atom stereocenters. The van der Waals surface area contributed by atoms with Crippen molar-refractivity contribution in [1.29, 1.82) is 0 Å². The monoisotopic (exact) mass is 239 g/mol. The van der Waals surface area contributed by atoms with Crippen molar-refractivity contribution in [2.45, 2.75) is 0 Å². The van der Waals surface area contributed by atoms with Gasteiger partial charge in [0, 0.05) is 25.7 Å². The van der Waals surface area contributed by atoms with E-state index < -0.39 is 10.2 Å². The van der Waals surface area contributed by atoms with E-state index in [2.05, 4.69) is 9.71 Å². The van der Waals surface area contributed by atoms with Gasteiger partial charge in [0.25, 0.3) is 0 Å². The number of aromatic nitrogens is 1. The second-order valence-electron chi connectivity index (χ2n) is 3.64. The lowest BCUT2D eigenvalue weighted by Crippen LogP contribution is -2.29. The number of hydrogen-bond donors (Lipinski definition) is 2. The molecule has 0 bridgehead atoms. The number of hydrogen-bond acceptors (Lipinski definition) is 2. The van der Waals surface area contributed by atoms with E-state index in [0.717, 1.165) is 15.2 Å². The van der Waals surface area contributed by atoms with E-state index in [9.17, 15) is 8.42 Å². The summed E-state index contributed by atoms with van der Waals surface area (Å²) in [4.78, 5) is 3.00. The highest BCUT2D eigenvalue weighted by molar-refractivity contribution is 7.90. The first-order valence-electron chi connectivity index (χ1n) is 4.77. The summed E-state index contributed by atoms with van der Waals surface area (Å²) in [5.74, 6) is 0. The van der Waals surface area contributed by atoms with Gasteiger partial charge in [-0.2, -0.15) is 12.7 Å². The molecular formula is C10H13N3O2S. The van der Waals surface area contributed by atoms with Gasteiger partial charge in [0.15, 0.2) is 0 Å². The minimum absolute atomic E-state index is 0.552. The highest BCUT2D eigenvalue weighted by atomic mass is 32.2. The van der Waals surface area contributed by atoms with Crippen molar-refractivity contribution < 1.29 is 8.42 Å². The Bertz CT molecular complexity index is 601. The van der Waals surface area contributed by atoms with Crippen LogP contribution in [0, 0.1) is 0 Å². The van der Waals surface area contributed by atoms with Crippen molar-refractivity contribution in [1.82, 2.24) is 9.29 Å². The Morgan fingerprint density at radius 3 is 2.69 bits per heavy atom. The zero-order valence-electron chi connectivity index (χ0n) is 9.06. The van der Waals surface area contributed by atoms with Crippen LogP contribution in [0.15, 0.2) is 30.5 Å². The lowest BCUT2D eigenvalue weighted by atomic mass is 10.2. The Morgan fingerprint density at radius 1 is 1.25 bits per heavy atom. The minimum Gasteiger partial charge on any atom is -0.359 e. The zero-order chi connectivity index (χ0) is 11.8. The summed E-state index contributed by atoms with van der Waals surface area (Å²) in [7, 11) is -0.491. The quantitative estimate of drug-likeness (QED) is 0.850. The minimum atomic E-state index is -3.46. The Labute approximate surface area is 94.3 Å². The van der Waals surface area contributed by atoms with E-state index in [1.807, 2.05) is 18.2 Å². The average Bonchev–Trinajstić information content (AvgIpc) is 2.65. The third-order valence-electron chi connectivity index (χ3n) is 2.31. The molecule has 0 aliphatic carbocycles. The van der Waals surface area contributed by atoms with E-state index in [1.165, 1.54) is 14.1 Å². The Morgan fingerprint density at radius 2 is 2.00 bits per heavy atom. The highest BCUT2D eigenvalue weighted by Crippen LogP contribution is 2.22. The molecule has 1 aromatic carbocycles. The van der Waals surface area contributed by atoms with E-state index in [0.29, 0.717) is 5.69 Å². The van der Waals surface area contributed by atoms with Crippen molar-refractivity contribution in [3.63, 3.8) is 0 Å². The van der Waals surface area contributed by atoms with Gasteiger partial charge in [0.05, 0.1) is 11.2 Å². The van der Waals surface area contributed by atoms with Gasteiger partial charge in [-0.1, -0.05) is 12.1 Å². The number of benzene rings is 1. The lowest BCUT2D eigenvalue weighted by Gasteiger charge is -2.13. The van der Waals surface area contributed by atoms with Crippen molar-refractivity contribution in [3.8, 4) is 0 Å². The van der Waals surface area contributed by atoms with Crippen LogP contribution in [0.3, 0.4) is 0 Å². The predicted octanol–water partition coefficient (Wildman–Crippen LogP) is 1.39. The summed E-state index contributed by atoms with van der Waals surface area (Å²) < 4.78 is 27.0. The molecule has 86 valence electrons. The molecule has 0 fully saturated rings. The van der Waals surface area contributed by atoms with Crippen LogP contribution in [0.5, 0.6) is 0 Å². The smallest absolute Gasteiger partial charge is 0.301 e. The molecule has 1 heterocycles. The van der Waals surface area contributed by atoms with Crippen LogP contribution in [-0.2, 0) is 10.2 Å². The Hall–Kier alpha value is -1.53. The number of H-pyrrole nitrogens is 1. The lowest BCUT2D eigenvalue weighted by molar-refractivity contribution is 0.527. The molecule has 1 aromatic heterocycles. The van der Waals surface area contributed by atoms with Crippen LogP contribution in [0.25, 0.3) is 10.9 Å². The molecule has 2 rings (SSSR count). The van der Waals surface area contributed by atoms with Crippen molar-refractivity contribution >= 4 is 26.8 Å². The fourth-order valence-corrected chi connectivity index (χ4v) is 2.03. The number of nitrogens with zero attached hydrogens (tertiary/aromatic N) is 1. The number of fused-ring (bicyclic) bond motifs is 1. The van der Waals surface area contributed by atoms with E-state index in [1.54, 1.807) is 12.3 Å². The van der Waals surface area contributed by atoms with E-state index >= 15 is 0 Å². The largest absolute Gasteiger partial charge is 0.359 e. The second-order valence-corrected chi connectivity index (χ2v) is 5.52. The zero-order valence-corrected chi connectivity index (χ0v) is 9.88. The SMILES string of the molecule is CN(C)S(=O)(=O)Nc1cccc2cc[nH]c12. The van der Waals surface area contributed by atoms with Gasteiger partial charge in [-0.15, -0.1) is 0 Å². The van der Waals surface area contributed by atoms with Gasteiger partial charge in [0.2, 0.25) is 0 Å². The van der Waals surface area contributed by atoms with Gasteiger partial charge in [0.1, 0.15) is 0 Å². The average molecular weight is 239 g/mol. The molecule has 2 aromatic rings. The van der Waals surface area contributed by atoms with Gasteiger partial charge in [-0.05, 0) is 12.1 Å². The molecule has 0 radical (unpaired) electrons. The second kappa shape index (κ2) is 3.80. The Kier molecular flexibility index (Phi) is 2.61. The summed E-state index contributed by atoms with van der Waals surface area (Å²) in [5.41, 5.74) is 1.34. The molecule has 0 aliphatic rings. The van der Waals surface area contributed by atoms with Crippen LogP contribution >= 0.6 is 0 Å². The molecule has 0 saturated carbocycles. The summed E-state index contributed by atoms with van der Waals surface area (Å²) in [6, 6.07) is 7.34. The van der Waals surface area contributed by atoms with Crippen molar-refractivity contribution in [2.24, 2.45) is 0 Å². The van der Waals surface area contributed by atoms with Crippen molar-refractivity contribution in [2.75, 3.05) is 18.8 Å². The summed E-state index contributed by atoms with van der Waals surface area (Å²) in [6.07, 6.45) is 1.78. The summed E-state index contributed by atoms with van der Waals surface area (Å²) in [6.45, 7) is 0. The van der Waals surface area contributed by atoms with Crippen LogP contribution in [0.4, 0.5) is 5.69 Å². The maximum absolute atomic E-state index is 11.7. The molecule has 2 N–H and O–H groups in total. The first-order chi connectivity index (χ1) is 7.50. The normalized spacial score (nSPS) is 12.2. The molecule has 0 saturated heterocycles. The molecule has 0 spiro atoms. The summed E-state index contributed by atoms with van der Waals surface area (Å²) in [5, 5.41) is 0.971. The van der Waals surface area contributed by atoms with E-state index in [-0.39, 0.29) is 0 Å². The Balaban J connectivity index is 2.46. The highest BCUT2D eigenvalue weighted by Gasteiger charge is 2.14. The number of nitrogens with one attached hydrogen (secondary N) is 2. The van der Waals surface area contributed by atoms with Crippen LogP contribution in [-0.4, -0.2) is 31.8 Å². The van der Waals surface area contributed by atoms with Crippen LogP contribution < -0.4 is 4.72 Å². The van der Waals surface area contributed by atoms with Crippen LogP contribution in [0.1, 0.15) is 0 Å². The van der Waals surface area contributed by atoms with E-state index in [4.69, 9.17) is 0 Å². The molecule has 5 nitrogen and oxygen atoms in total. The van der Waals surface area contributed by atoms with Gasteiger partial charge in [-0.3, -0.25) is 4.72 Å². The first-order valence-corrected chi connectivity index (χ1v) is 6.21. The number of aromatic amines is 1. The third-order valence-corrected chi connectivity index (χ3v) is 3.75. The number of para-hydroxylation sites is 1. The van der Waals surface area contributed by atoms with Gasteiger partial charge < -0.3 is 4.98 Å². The maximum atomic E-state index is 11.7. The number of anilines is 1. The van der Waals surface area contributed by atoms with Gasteiger partial charge >= 0.3 is 10.2 Å². The van der Waals surface area contributed by atoms with Gasteiger partial charge in [-0.25, -0.2) is 0 Å². The fraction of sp³-hybridized carbons (Fsp3) is 0.200. The van der Waals surface area contributed by atoms with Crippen molar-refractivity contribution in [3.05, 3.63) is 30.5 Å². The third kappa shape index (κ3) is 1.89.